The van der Waals surface area contributed by atoms with Crippen LogP contribution >= 0.6 is 0 Å². The standard InChI is InChI=1S/C31H36F3N7O/c1-5-19-13-21(14-22-17-36-29(39-28(19)22)37-23-8-10-30(3,35)11-9-23)25-16-26(40-41(25)4)38-27(42)15-20-12-18(2)6-7-24(20)31(32,33)34/h6-7,12-14,16-17,23H,5,8-11,15,35H2,1-4H3,(H,36,37,39)(H,38,40,42). The molecule has 2 aromatic carbocycles. The van der Waals surface area contributed by atoms with Gasteiger partial charge in [0.2, 0.25) is 11.9 Å². The average molecular weight is 580 g/mol. The molecule has 8 nitrogen and oxygen atoms in total. The zero-order valence-electron chi connectivity index (χ0n) is 24.3. The van der Waals surface area contributed by atoms with Gasteiger partial charge in [-0.25, -0.2) is 9.97 Å². The lowest BCUT2D eigenvalue weighted by Crippen LogP contribution is -2.43. The van der Waals surface area contributed by atoms with Crippen molar-refractivity contribution in [1.82, 2.24) is 19.7 Å². The van der Waals surface area contributed by atoms with Crippen LogP contribution in [0.1, 0.15) is 61.8 Å². The summed E-state index contributed by atoms with van der Waals surface area (Å²) in [6, 6.07) is 9.81. The molecule has 1 amide bonds. The smallest absolute Gasteiger partial charge is 0.351 e. The van der Waals surface area contributed by atoms with Crippen LogP contribution in [-0.2, 0) is 30.9 Å². The number of amides is 1. The summed E-state index contributed by atoms with van der Waals surface area (Å²) in [4.78, 5) is 22.2. The number of fused-ring (bicyclic) bond motifs is 1. The van der Waals surface area contributed by atoms with Crippen LogP contribution in [0.2, 0.25) is 0 Å². The van der Waals surface area contributed by atoms with Gasteiger partial charge in [0, 0.05) is 41.8 Å². The maximum Gasteiger partial charge on any atom is 0.416 e. The molecule has 2 heterocycles. The molecular formula is C31H36F3N7O. The summed E-state index contributed by atoms with van der Waals surface area (Å²) < 4.78 is 42.0. The van der Waals surface area contributed by atoms with Crippen molar-refractivity contribution in [3.63, 3.8) is 0 Å². The van der Waals surface area contributed by atoms with Crippen LogP contribution in [0.15, 0.2) is 42.6 Å². The molecule has 1 saturated carbocycles. The highest BCUT2D eigenvalue weighted by atomic mass is 19.4. The third-order valence-electron chi connectivity index (χ3n) is 7.96. The lowest BCUT2D eigenvalue weighted by Gasteiger charge is -2.34. The van der Waals surface area contributed by atoms with Gasteiger partial charge in [0.25, 0.3) is 0 Å². The van der Waals surface area contributed by atoms with E-state index < -0.39 is 24.1 Å². The summed E-state index contributed by atoms with van der Waals surface area (Å²) in [6.07, 6.45) is 1.45. The van der Waals surface area contributed by atoms with Gasteiger partial charge in [0.05, 0.1) is 23.2 Å². The molecule has 0 atom stereocenters. The summed E-state index contributed by atoms with van der Waals surface area (Å²) in [6.45, 7) is 5.85. The van der Waals surface area contributed by atoms with Gasteiger partial charge in [-0.05, 0) is 75.3 Å². The number of hydrogen-bond acceptors (Lipinski definition) is 6. The fraction of sp³-hybridized carbons (Fsp3) is 0.419. The van der Waals surface area contributed by atoms with Crippen LogP contribution in [0.4, 0.5) is 24.9 Å². The molecule has 5 rings (SSSR count). The minimum Gasteiger partial charge on any atom is -0.351 e. The highest BCUT2D eigenvalue weighted by Crippen LogP contribution is 2.34. The van der Waals surface area contributed by atoms with Gasteiger partial charge in [-0.15, -0.1) is 0 Å². The number of halogens is 3. The van der Waals surface area contributed by atoms with Crippen LogP contribution in [-0.4, -0.2) is 37.2 Å². The normalized spacial score (nSPS) is 19.2. The molecule has 0 aliphatic heterocycles. The highest BCUT2D eigenvalue weighted by molar-refractivity contribution is 5.93. The Morgan fingerprint density at radius 3 is 2.57 bits per heavy atom. The number of nitrogens with one attached hydrogen (secondary N) is 2. The van der Waals surface area contributed by atoms with E-state index in [0.717, 1.165) is 65.9 Å². The van der Waals surface area contributed by atoms with Gasteiger partial charge >= 0.3 is 6.18 Å². The Morgan fingerprint density at radius 1 is 1.14 bits per heavy atom. The Kier molecular flexibility index (Phi) is 7.98. The van der Waals surface area contributed by atoms with Crippen molar-refractivity contribution in [2.24, 2.45) is 12.8 Å². The molecule has 0 radical (unpaired) electrons. The number of aromatic nitrogens is 4. The molecule has 2 aromatic heterocycles. The fourth-order valence-corrected chi connectivity index (χ4v) is 5.61. The SMILES string of the molecule is CCc1cc(-c2cc(NC(=O)Cc3cc(C)ccc3C(F)(F)F)nn2C)cc2cnc(NC3CCC(C)(N)CC3)nc12. The molecule has 0 unspecified atom stereocenters. The minimum atomic E-state index is -4.54. The molecule has 0 spiro atoms. The molecule has 1 aliphatic rings. The Bertz CT molecular complexity index is 1620. The third kappa shape index (κ3) is 6.56. The first-order valence-electron chi connectivity index (χ1n) is 14.2. The van der Waals surface area contributed by atoms with Gasteiger partial charge in [-0.1, -0.05) is 24.6 Å². The molecule has 222 valence electrons. The number of nitrogens with zero attached hydrogens (tertiary/aromatic N) is 4. The number of nitrogens with two attached hydrogens (primary N) is 1. The Balaban J connectivity index is 1.35. The van der Waals surface area contributed by atoms with E-state index in [1.165, 1.54) is 12.1 Å². The molecule has 42 heavy (non-hydrogen) atoms. The topological polar surface area (TPSA) is 111 Å². The minimum absolute atomic E-state index is 0.0755. The lowest BCUT2D eigenvalue weighted by atomic mass is 9.82. The van der Waals surface area contributed by atoms with Crippen molar-refractivity contribution in [2.75, 3.05) is 10.6 Å². The summed E-state index contributed by atoms with van der Waals surface area (Å²) in [5.74, 6) is 0.281. The number of benzene rings is 2. The maximum absolute atomic E-state index is 13.5. The first kappa shape index (κ1) is 29.5. The van der Waals surface area contributed by atoms with Crippen LogP contribution in [0.5, 0.6) is 0 Å². The molecular weight excluding hydrogens is 543 g/mol. The summed E-state index contributed by atoms with van der Waals surface area (Å²) >= 11 is 0. The number of hydrogen-bond donors (Lipinski definition) is 3. The van der Waals surface area contributed by atoms with E-state index in [2.05, 4.69) is 34.6 Å². The Labute approximate surface area is 242 Å². The zero-order valence-corrected chi connectivity index (χ0v) is 24.3. The van der Waals surface area contributed by atoms with E-state index in [4.69, 9.17) is 10.7 Å². The Morgan fingerprint density at radius 2 is 1.88 bits per heavy atom. The van der Waals surface area contributed by atoms with Crippen molar-refractivity contribution < 1.29 is 18.0 Å². The fourth-order valence-electron chi connectivity index (χ4n) is 5.61. The van der Waals surface area contributed by atoms with Crippen LogP contribution < -0.4 is 16.4 Å². The quantitative estimate of drug-likeness (QED) is 0.241. The van der Waals surface area contributed by atoms with Crippen LogP contribution in [0, 0.1) is 6.92 Å². The number of rotatable bonds is 7. The predicted octanol–water partition coefficient (Wildman–Crippen LogP) is 6.17. The van der Waals surface area contributed by atoms with E-state index >= 15 is 0 Å². The zero-order chi connectivity index (χ0) is 30.2. The maximum atomic E-state index is 13.5. The van der Waals surface area contributed by atoms with E-state index in [-0.39, 0.29) is 23.0 Å². The largest absolute Gasteiger partial charge is 0.416 e. The highest BCUT2D eigenvalue weighted by Gasteiger charge is 2.33. The van der Waals surface area contributed by atoms with E-state index in [1.807, 2.05) is 18.3 Å². The average Bonchev–Trinajstić information content (AvgIpc) is 3.28. The molecule has 11 heteroatoms. The Hall–Kier alpha value is -3.99. The number of carbonyl (C=O) groups excluding carboxylic acids is 1. The van der Waals surface area contributed by atoms with Crippen molar-refractivity contribution in [3.8, 4) is 11.3 Å². The number of aryl methyl sites for hydroxylation is 3. The monoisotopic (exact) mass is 579 g/mol. The van der Waals surface area contributed by atoms with E-state index in [9.17, 15) is 18.0 Å². The summed E-state index contributed by atoms with van der Waals surface area (Å²) in [5.41, 5.74) is 9.44. The first-order chi connectivity index (χ1) is 19.8. The van der Waals surface area contributed by atoms with Crippen molar-refractivity contribution in [3.05, 3.63) is 64.8 Å². The molecule has 0 bridgehead atoms. The molecule has 1 fully saturated rings. The number of alkyl halides is 3. The van der Waals surface area contributed by atoms with Crippen molar-refractivity contribution >= 4 is 28.6 Å². The molecule has 0 saturated heterocycles. The molecule has 4 N–H and O–H groups in total. The van der Waals surface area contributed by atoms with Crippen molar-refractivity contribution in [2.45, 2.75) is 77.1 Å². The van der Waals surface area contributed by atoms with Crippen molar-refractivity contribution in [1.29, 1.82) is 0 Å². The van der Waals surface area contributed by atoms with Crippen LogP contribution in [0.3, 0.4) is 0 Å². The number of anilines is 2. The third-order valence-corrected chi connectivity index (χ3v) is 7.96. The summed E-state index contributed by atoms with van der Waals surface area (Å²) in [5, 5.41) is 11.4. The summed E-state index contributed by atoms with van der Waals surface area (Å²) in [7, 11) is 1.75. The van der Waals surface area contributed by atoms with E-state index in [0.29, 0.717) is 11.5 Å². The second kappa shape index (κ2) is 11.4. The molecule has 1 aliphatic carbocycles. The van der Waals surface area contributed by atoms with Gasteiger partial charge in [-0.2, -0.15) is 18.3 Å². The molecule has 4 aromatic rings. The first-order valence-corrected chi connectivity index (χ1v) is 14.2. The van der Waals surface area contributed by atoms with Gasteiger partial charge < -0.3 is 16.4 Å². The lowest BCUT2D eigenvalue weighted by molar-refractivity contribution is -0.138. The second-order valence-electron chi connectivity index (χ2n) is 11.6. The van der Waals surface area contributed by atoms with Gasteiger partial charge in [-0.3, -0.25) is 9.48 Å². The predicted molar refractivity (Wildman–Crippen MR) is 158 cm³/mol. The van der Waals surface area contributed by atoms with Crippen LogP contribution in [0.25, 0.3) is 22.2 Å². The second-order valence-corrected chi connectivity index (χ2v) is 11.6. The number of carbonyl (C=O) groups is 1. The van der Waals surface area contributed by atoms with E-state index in [1.54, 1.807) is 24.7 Å². The van der Waals surface area contributed by atoms with Gasteiger partial charge in [0.15, 0.2) is 5.82 Å². The van der Waals surface area contributed by atoms with Gasteiger partial charge in [0.1, 0.15) is 0 Å².